The van der Waals surface area contributed by atoms with Crippen molar-refractivity contribution >= 4 is 28.4 Å². The summed E-state index contributed by atoms with van der Waals surface area (Å²) >= 11 is 0. The fourth-order valence-electron chi connectivity index (χ4n) is 6.62. The number of H-pyrrole nitrogens is 1. The van der Waals surface area contributed by atoms with Crippen molar-refractivity contribution in [1.82, 2.24) is 10.3 Å². The molecule has 3 saturated carbocycles. The Morgan fingerprint density at radius 1 is 0.829 bits per heavy atom. The van der Waals surface area contributed by atoms with Crippen molar-refractivity contribution in [2.45, 2.75) is 70.3 Å². The minimum Gasteiger partial charge on any atom is -0.355 e. The Morgan fingerprint density at radius 2 is 1.63 bits per heavy atom. The fraction of sp³-hybridized carbons (Fsp3) is 0.467. The number of rotatable bonds is 5. The van der Waals surface area contributed by atoms with E-state index in [1.807, 2.05) is 42.5 Å². The molecule has 2 amide bonds. The third-order valence-corrected chi connectivity index (χ3v) is 8.63. The standard InChI is InChI=1S/C30H35N3O2/c34-29(21-5-3-1-2-4-6-21)31-25-12-9-20(10-13-25)28-18-24-17-23(11-14-26(24)32-28)30(35)33-27-16-19-7-8-22(27)15-19/h9-14,17-19,21-22,27,32H,1-8,15-16H2,(H,31,34)(H,33,35). The van der Waals surface area contributed by atoms with E-state index < -0.39 is 0 Å². The Bertz CT molecular complexity index is 1220. The molecule has 0 spiro atoms. The highest BCUT2D eigenvalue weighted by Crippen LogP contribution is 2.44. The summed E-state index contributed by atoms with van der Waals surface area (Å²) in [6, 6.07) is 16.4. The molecule has 5 nitrogen and oxygen atoms in total. The first-order valence-corrected chi connectivity index (χ1v) is 13.5. The second kappa shape index (κ2) is 9.52. The van der Waals surface area contributed by atoms with Crippen LogP contribution in [0.5, 0.6) is 0 Å². The molecule has 35 heavy (non-hydrogen) atoms. The number of carbonyl (C=O) groups excluding carboxylic acids is 2. The highest BCUT2D eigenvalue weighted by atomic mass is 16.2. The van der Waals surface area contributed by atoms with E-state index in [1.54, 1.807) is 0 Å². The van der Waals surface area contributed by atoms with E-state index in [-0.39, 0.29) is 17.7 Å². The van der Waals surface area contributed by atoms with Gasteiger partial charge in [0.05, 0.1) is 0 Å². The zero-order valence-corrected chi connectivity index (χ0v) is 20.3. The molecule has 5 heteroatoms. The first kappa shape index (κ1) is 22.4. The molecule has 3 atom stereocenters. The normalized spacial score (nSPS) is 24.4. The maximum absolute atomic E-state index is 12.9. The first-order chi connectivity index (χ1) is 17.1. The van der Waals surface area contributed by atoms with Crippen molar-refractivity contribution in [2.75, 3.05) is 5.32 Å². The largest absolute Gasteiger partial charge is 0.355 e. The van der Waals surface area contributed by atoms with Gasteiger partial charge in [0.25, 0.3) is 5.91 Å². The Morgan fingerprint density at radius 3 is 2.34 bits per heavy atom. The van der Waals surface area contributed by atoms with Gasteiger partial charge in [0.1, 0.15) is 0 Å². The van der Waals surface area contributed by atoms with Gasteiger partial charge in [-0.3, -0.25) is 9.59 Å². The van der Waals surface area contributed by atoms with E-state index >= 15 is 0 Å². The highest BCUT2D eigenvalue weighted by molar-refractivity contribution is 5.99. The van der Waals surface area contributed by atoms with Crippen molar-refractivity contribution < 1.29 is 9.59 Å². The third-order valence-electron chi connectivity index (χ3n) is 8.63. The molecule has 3 aromatic rings. The van der Waals surface area contributed by atoms with Crippen LogP contribution in [0.1, 0.15) is 74.6 Å². The lowest BCUT2D eigenvalue weighted by Crippen LogP contribution is -2.38. The lowest BCUT2D eigenvalue weighted by molar-refractivity contribution is -0.120. The molecule has 3 fully saturated rings. The molecule has 2 bridgehead atoms. The quantitative estimate of drug-likeness (QED) is 0.365. The lowest BCUT2D eigenvalue weighted by Gasteiger charge is -2.22. The van der Waals surface area contributed by atoms with Crippen LogP contribution in [0, 0.1) is 17.8 Å². The van der Waals surface area contributed by atoms with Crippen molar-refractivity contribution in [3.8, 4) is 11.3 Å². The molecule has 1 aromatic heterocycles. The van der Waals surface area contributed by atoms with Crippen molar-refractivity contribution in [3.63, 3.8) is 0 Å². The molecule has 3 unspecified atom stereocenters. The van der Waals surface area contributed by atoms with Crippen LogP contribution in [-0.4, -0.2) is 22.8 Å². The van der Waals surface area contributed by atoms with Crippen molar-refractivity contribution in [2.24, 2.45) is 17.8 Å². The molecule has 0 aliphatic heterocycles. The molecule has 182 valence electrons. The van der Waals surface area contributed by atoms with Crippen LogP contribution in [0.3, 0.4) is 0 Å². The summed E-state index contributed by atoms with van der Waals surface area (Å²) in [6.07, 6.45) is 11.8. The van der Waals surface area contributed by atoms with Crippen LogP contribution < -0.4 is 10.6 Å². The zero-order valence-electron chi connectivity index (χ0n) is 20.3. The molecule has 3 aliphatic rings. The minimum absolute atomic E-state index is 0.0426. The van der Waals surface area contributed by atoms with E-state index in [1.165, 1.54) is 32.1 Å². The number of aromatic nitrogens is 1. The number of benzene rings is 2. The Kier molecular flexibility index (Phi) is 6.09. The number of hydrogen-bond acceptors (Lipinski definition) is 2. The summed E-state index contributed by atoms with van der Waals surface area (Å²) in [5.74, 6) is 1.83. The van der Waals surface area contributed by atoms with Crippen LogP contribution >= 0.6 is 0 Å². The summed E-state index contributed by atoms with van der Waals surface area (Å²) in [7, 11) is 0. The summed E-state index contributed by atoms with van der Waals surface area (Å²) in [6.45, 7) is 0. The van der Waals surface area contributed by atoms with Gasteiger partial charge in [-0.25, -0.2) is 0 Å². The zero-order chi connectivity index (χ0) is 23.8. The third kappa shape index (κ3) is 4.73. The van der Waals surface area contributed by atoms with Crippen molar-refractivity contribution in [3.05, 3.63) is 54.1 Å². The monoisotopic (exact) mass is 469 g/mol. The van der Waals surface area contributed by atoms with Crippen LogP contribution in [0.2, 0.25) is 0 Å². The molecule has 2 aromatic carbocycles. The minimum atomic E-state index is 0.0426. The number of anilines is 1. The second-order valence-electron chi connectivity index (χ2n) is 11.0. The Balaban J connectivity index is 1.12. The number of hydrogen-bond donors (Lipinski definition) is 3. The number of nitrogens with one attached hydrogen (secondary N) is 3. The maximum Gasteiger partial charge on any atom is 0.251 e. The molecule has 0 radical (unpaired) electrons. The average Bonchev–Trinajstić information content (AvgIpc) is 3.54. The van der Waals surface area contributed by atoms with Gasteiger partial charge in [-0.15, -0.1) is 0 Å². The first-order valence-electron chi connectivity index (χ1n) is 13.5. The predicted octanol–water partition coefficient (Wildman–Crippen LogP) is 6.66. The summed E-state index contributed by atoms with van der Waals surface area (Å²) in [4.78, 5) is 29.0. The van der Waals surface area contributed by atoms with Gasteiger partial charge >= 0.3 is 0 Å². The van der Waals surface area contributed by atoms with E-state index in [4.69, 9.17) is 0 Å². The Labute approximate surface area is 207 Å². The SMILES string of the molecule is O=C(NC1CC2CCC1C2)c1ccc2[nH]c(-c3ccc(NC(=O)C4CCCCCC4)cc3)cc2c1. The van der Waals surface area contributed by atoms with Crippen LogP contribution in [0.25, 0.3) is 22.2 Å². The van der Waals surface area contributed by atoms with Crippen LogP contribution in [-0.2, 0) is 4.79 Å². The fourth-order valence-corrected chi connectivity index (χ4v) is 6.62. The van der Waals surface area contributed by atoms with Crippen LogP contribution in [0.4, 0.5) is 5.69 Å². The molecule has 0 saturated heterocycles. The van der Waals surface area contributed by atoms with Gasteiger partial charge < -0.3 is 15.6 Å². The lowest BCUT2D eigenvalue weighted by atomic mass is 9.95. The van der Waals surface area contributed by atoms with E-state index in [2.05, 4.69) is 21.7 Å². The topological polar surface area (TPSA) is 74.0 Å². The van der Waals surface area contributed by atoms with Gasteiger partial charge in [-0.2, -0.15) is 0 Å². The molecule has 3 aliphatic carbocycles. The van der Waals surface area contributed by atoms with E-state index in [0.717, 1.165) is 71.4 Å². The summed E-state index contributed by atoms with van der Waals surface area (Å²) in [5.41, 5.74) is 4.65. The number of fused-ring (bicyclic) bond motifs is 3. The van der Waals surface area contributed by atoms with Gasteiger partial charge in [0, 0.05) is 39.8 Å². The molecular weight excluding hydrogens is 434 g/mol. The van der Waals surface area contributed by atoms with Gasteiger partial charge in [0.2, 0.25) is 5.91 Å². The van der Waals surface area contributed by atoms with E-state index in [0.29, 0.717) is 12.0 Å². The Hall–Kier alpha value is -3.08. The predicted molar refractivity (Wildman–Crippen MR) is 140 cm³/mol. The maximum atomic E-state index is 12.9. The summed E-state index contributed by atoms with van der Waals surface area (Å²) in [5, 5.41) is 7.44. The molecule has 3 N–H and O–H groups in total. The van der Waals surface area contributed by atoms with Gasteiger partial charge in [0.15, 0.2) is 0 Å². The average molecular weight is 470 g/mol. The summed E-state index contributed by atoms with van der Waals surface area (Å²) < 4.78 is 0. The molecular formula is C30H35N3O2. The van der Waals surface area contributed by atoms with E-state index in [9.17, 15) is 9.59 Å². The highest BCUT2D eigenvalue weighted by Gasteiger charge is 2.40. The number of carbonyl (C=O) groups is 2. The van der Waals surface area contributed by atoms with Crippen LogP contribution in [0.15, 0.2) is 48.5 Å². The van der Waals surface area contributed by atoms with Gasteiger partial charge in [-0.05, 0) is 85.9 Å². The number of amides is 2. The second-order valence-corrected chi connectivity index (χ2v) is 11.0. The smallest absolute Gasteiger partial charge is 0.251 e. The van der Waals surface area contributed by atoms with Gasteiger partial charge in [-0.1, -0.05) is 44.2 Å². The molecule has 6 rings (SSSR count). The van der Waals surface area contributed by atoms with Crippen molar-refractivity contribution in [1.29, 1.82) is 0 Å². The number of aromatic amines is 1. The molecule has 1 heterocycles.